The molecule has 8 heteroatoms. The van der Waals surface area contributed by atoms with Crippen LogP contribution in [0.5, 0.6) is 0 Å². The highest BCUT2D eigenvalue weighted by Gasteiger charge is 2.19. The van der Waals surface area contributed by atoms with Gasteiger partial charge in [0.1, 0.15) is 4.32 Å². The van der Waals surface area contributed by atoms with Gasteiger partial charge in [0, 0.05) is 13.1 Å². The van der Waals surface area contributed by atoms with Gasteiger partial charge in [0.25, 0.3) is 5.91 Å². The Labute approximate surface area is 126 Å². The van der Waals surface area contributed by atoms with Crippen LogP contribution in [-0.2, 0) is 9.59 Å². The highest BCUT2D eigenvalue weighted by molar-refractivity contribution is 8.23. The standard InChI is InChI=1S/C11H15N3O2S3/c15-8-6-18-10(12-8)13-9(16)7-19-11(17)14-4-2-1-3-5-14/h1-7H2,(H,12,13,15,16). The van der Waals surface area contributed by atoms with E-state index in [2.05, 4.69) is 15.2 Å². The summed E-state index contributed by atoms with van der Waals surface area (Å²) < 4.78 is 0.774. The maximum absolute atomic E-state index is 11.6. The van der Waals surface area contributed by atoms with Gasteiger partial charge in [-0.3, -0.25) is 9.59 Å². The summed E-state index contributed by atoms with van der Waals surface area (Å²) in [6.07, 6.45) is 3.59. The fraction of sp³-hybridized carbons (Fsp3) is 0.636. The summed E-state index contributed by atoms with van der Waals surface area (Å²) in [6, 6.07) is 0. The topological polar surface area (TPSA) is 61.8 Å². The molecule has 0 bridgehead atoms. The molecule has 0 aliphatic carbocycles. The fourth-order valence-electron chi connectivity index (χ4n) is 1.82. The van der Waals surface area contributed by atoms with Gasteiger partial charge in [0.2, 0.25) is 5.91 Å². The van der Waals surface area contributed by atoms with Gasteiger partial charge in [-0.15, -0.1) is 0 Å². The van der Waals surface area contributed by atoms with Crippen LogP contribution in [0.3, 0.4) is 0 Å². The van der Waals surface area contributed by atoms with Crippen LogP contribution in [0.1, 0.15) is 19.3 Å². The van der Waals surface area contributed by atoms with Crippen molar-refractivity contribution in [3.8, 4) is 0 Å². The molecule has 0 unspecified atom stereocenters. The number of hydrogen-bond donors (Lipinski definition) is 1. The summed E-state index contributed by atoms with van der Waals surface area (Å²) in [5.41, 5.74) is 0. The number of hydrogen-bond acceptors (Lipinski definition) is 5. The molecule has 1 N–H and O–H groups in total. The van der Waals surface area contributed by atoms with Crippen molar-refractivity contribution in [1.29, 1.82) is 0 Å². The number of nitrogens with zero attached hydrogens (tertiary/aromatic N) is 2. The third-order valence-electron chi connectivity index (χ3n) is 2.75. The van der Waals surface area contributed by atoms with Crippen LogP contribution >= 0.6 is 35.7 Å². The molecule has 2 rings (SSSR count). The van der Waals surface area contributed by atoms with E-state index < -0.39 is 0 Å². The summed E-state index contributed by atoms with van der Waals surface area (Å²) in [5, 5.41) is 2.94. The van der Waals surface area contributed by atoms with Crippen molar-refractivity contribution in [2.24, 2.45) is 4.99 Å². The van der Waals surface area contributed by atoms with Crippen molar-refractivity contribution in [2.45, 2.75) is 19.3 Å². The molecule has 0 saturated carbocycles. The number of aliphatic imine (C=N–C) groups is 1. The maximum atomic E-state index is 11.6. The Morgan fingerprint density at radius 3 is 2.79 bits per heavy atom. The van der Waals surface area contributed by atoms with Crippen LogP contribution in [0, 0.1) is 0 Å². The van der Waals surface area contributed by atoms with Crippen molar-refractivity contribution in [2.75, 3.05) is 24.6 Å². The molecule has 2 fully saturated rings. The van der Waals surface area contributed by atoms with Gasteiger partial charge < -0.3 is 10.2 Å². The first-order valence-electron chi connectivity index (χ1n) is 6.11. The minimum absolute atomic E-state index is 0.104. The van der Waals surface area contributed by atoms with Gasteiger partial charge >= 0.3 is 0 Å². The molecule has 0 aromatic heterocycles. The molecule has 0 aromatic rings. The van der Waals surface area contributed by atoms with Gasteiger partial charge in [-0.05, 0) is 19.3 Å². The van der Waals surface area contributed by atoms with E-state index in [1.165, 1.54) is 42.8 Å². The molecule has 19 heavy (non-hydrogen) atoms. The largest absolute Gasteiger partial charge is 0.358 e. The summed E-state index contributed by atoms with van der Waals surface area (Å²) in [5.74, 6) is 0.211. The average molecular weight is 317 g/mol. The van der Waals surface area contributed by atoms with Gasteiger partial charge in [0.05, 0.1) is 11.5 Å². The molecule has 2 aliphatic heterocycles. The number of nitrogens with one attached hydrogen (secondary N) is 1. The number of carbonyl (C=O) groups is 2. The molecule has 0 spiro atoms. The second kappa shape index (κ2) is 7.25. The first kappa shape index (κ1) is 14.8. The predicted molar refractivity (Wildman–Crippen MR) is 83.5 cm³/mol. The Hall–Kier alpha value is -0.600. The van der Waals surface area contributed by atoms with E-state index in [0.717, 1.165) is 17.4 Å². The average Bonchev–Trinajstić information content (AvgIpc) is 2.82. The zero-order valence-corrected chi connectivity index (χ0v) is 12.8. The number of amides is 2. The molecule has 2 amide bonds. The van der Waals surface area contributed by atoms with Crippen molar-refractivity contribution in [3.05, 3.63) is 0 Å². The minimum Gasteiger partial charge on any atom is -0.358 e. The smallest absolute Gasteiger partial charge is 0.258 e. The van der Waals surface area contributed by atoms with E-state index in [0.29, 0.717) is 10.9 Å². The Morgan fingerprint density at radius 2 is 2.16 bits per heavy atom. The minimum atomic E-state index is -0.256. The monoisotopic (exact) mass is 317 g/mol. The van der Waals surface area contributed by atoms with E-state index in [-0.39, 0.29) is 17.6 Å². The van der Waals surface area contributed by atoms with Crippen molar-refractivity contribution >= 4 is 57.0 Å². The first-order valence-corrected chi connectivity index (χ1v) is 8.49. The van der Waals surface area contributed by atoms with Crippen molar-refractivity contribution in [1.82, 2.24) is 10.2 Å². The highest BCUT2D eigenvalue weighted by atomic mass is 32.2. The molecular formula is C11H15N3O2S3. The molecule has 0 atom stereocenters. The van der Waals surface area contributed by atoms with Crippen LogP contribution in [0.4, 0.5) is 0 Å². The zero-order chi connectivity index (χ0) is 13.7. The van der Waals surface area contributed by atoms with E-state index in [1.807, 2.05) is 0 Å². The lowest BCUT2D eigenvalue weighted by Gasteiger charge is -2.28. The van der Waals surface area contributed by atoms with Crippen LogP contribution < -0.4 is 5.32 Å². The SMILES string of the molecule is O=C(CSC(=S)N1CCCCC1)N=C1NC(=O)CS1. The number of rotatable bonds is 2. The van der Waals surface area contributed by atoms with E-state index in [1.54, 1.807) is 0 Å². The van der Waals surface area contributed by atoms with Gasteiger partial charge in [0.15, 0.2) is 5.17 Å². The van der Waals surface area contributed by atoms with Crippen molar-refractivity contribution in [3.63, 3.8) is 0 Å². The van der Waals surface area contributed by atoms with Gasteiger partial charge in [-0.25, -0.2) is 0 Å². The molecule has 0 radical (unpaired) electrons. The second-order valence-corrected chi connectivity index (χ2v) is 6.82. The number of thiocarbonyl (C=S) groups is 1. The Kier molecular flexibility index (Phi) is 5.65. The summed E-state index contributed by atoms with van der Waals surface area (Å²) in [6.45, 7) is 1.97. The second-order valence-electron chi connectivity index (χ2n) is 4.25. The normalized spacial score (nSPS) is 21.6. The predicted octanol–water partition coefficient (Wildman–Crippen LogP) is 1.24. The summed E-state index contributed by atoms with van der Waals surface area (Å²) >= 11 is 7.92. The Morgan fingerprint density at radius 1 is 1.42 bits per heavy atom. The van der Waals surface area contributed by atoms with Crippen LogP contribution in [0.15, 0.2) is 4.99 Å². The number of carbonyl (C=O) groups excluding carboxylic acids is 2. The number of likely N-dealkylation sites (tertiary alicyclic amines) is 1. The van der Waals surface area contributed by atoms with Gasteiger partial charge in [-0.2, -0.15) is 4.99 Å². The van der Waals surface area contributed by atoms with Crippen LogP contribution in [0.25, 0.3) is 0 Å². The lowest BCUT2D eigenvalue weighted by atomic mass is 10.1. The van der Waals surface area contributed by atoms with E-state index in [9.17, 15) is 9.59 Å². The lowest BCUT2D eigenvalue weighted by molar-refractivity contribution is -0.116. The summed E-state index contributed by atoms with van der Waals surface area (Å²) in [4.78, 5) is 28.6. The van der Waals surface area contributed by atoms with Gasteiger partial charge in [-0.1, -0.05) is 35.7 Å². The molecule has 2 aliphatic rings. The van der Waals surface area contributed by atoms with Crippen molar-refractivity contribution < 1.29 is 9.59 Å². The third-order valence-corrected chi connectivity index (χ3v) is 5.13. The molecular weight excluding hydrogens is 302 g/mol. The first-order chi connectivity index (χ1) is 9.15. The molecule has 104 valence electrons. The molecule has 2 saturated heterocycles. The Bertz CT molecular complexity index is 419. The number of piperidine rings is 1. The highest BCUT2D eigenvalue weighted by Crippen LogP contribution is 2.16. The molecule has 0 aromatic carbocycles. The van der Waals surface area contributed by atoms with Crippen LogP contribution in [-0.4, -0.2) is 50.8 Å². The lowest BCUT2D eigenvalue weighted by Crippen LogP contribution is -2.33. The quantitative estimate of drug-likeness (QED) is 0.773. The Balaban J connectivity index is 1.74. The summed E-state index contributed by atoms with van der Waals surface area (Å²) in [7, 11) is 0. The fourth-order valence-corrected chi connectivity index (χ4v) is 3.55. The number of amidine groups is 1. The number of thioether (sulfide) groups is 2. The molecule has 2 heterocycles. The zero-order valence-electron chi connectivity index (χ0n) is 10.4. The third kappa shape index (κ3) is 4.77. The van der Waals surface area contributed by atoms with E-state index in [4.69, 9.17) is 12.2 Å². The molecule has 5 nitrogen and oxygen atoms in total. The van der Waals surface area contributed by atoms with Crippen LogP contribution in [0.2, 0.25) is 0 Å². The maximum Gasteiger partial charge on any atom is 0.258 e. The van der Waals surface area contributed by atoms with E-state index >= 15 is 0 Å².